The Hall–Kier alpha value is -1.42. The van der Waals surface area contributed by atoms with E-state index in [1.165, 1.54) is 7.11 Å². The molecule has 13 heavy (non-hydrogen) atoms. The van der Waals surface area contributed by atoms with E-state index in [1.54, 1.807) is 18.3 Å². The molecule has 0 saturated heterocycles. The maximum Gasteiger partial charge on any atom is 0.213 e. The summed E-state index contributed by atoms with van der Waals surface area (Å²) in [4.78, 5) is 15.2. The van der Waals surface area contributed by atoms with Crippen molar-refractivity contribution in [1.29, 1.82) is 0 Å². The van der Waals surface area contributed by atoms with Crippen LogP contribution in [0.1, 0.15) is 16.8 Å². The number of ketones is 1. The molecule has 0 spiro atoms. The minimum atomic E-state index is 0.0169. The molecule has 0 aliphatic carbocycles. The first kappa shape index (κ1) is 9.67. The van der Waals surface area contributed by atoms with Crippen molar-refractivity contribution in [2.75, 3.05) is 13.7 Å². The molecule has 0 atom stereocenters. The second-order valence-corrected chi connectivity index (χ2v) is 2.55. The predicted molar refractivity (Wildman–Crippen MR) is 48.8 cm³/mol. The quantitative estimate of drug-likeness (QED) is 0.690. The molecule has 4 nitrogen and oxygen atoms in total. The number of carbonyl (C=O) groups is 1. The summed E-state index contributed by atoms with van der Waals surface area (Å²) in [7, 11) is 1.51. The fourth-order valence-corrected chi connectivity index (χ4v) is 0.970. The molecule has 0 aliphatic heterocycles. The molecule has 0 saturated carbocycles. The van der Waals surface area contributed by atoms with Crippen LogP contribution in [-0.2, 0) is 0 Å². The molecule has 0 unspecified atom stereocenters. The van der Waals surface area contributed by atoms with Gasteiger partial charge < -0.3 is 10.5 Å². The lowest BCUT2D eigenvalue weighted by atomic mass is 10.1. The number of methoxy groups -OCH3 is 1. The van der Waals surface area contributed by atoms with Crippen molar-refractivity contribution in [2.45, 2.75) is 6.42 Å². The van der Waals surface area contributed by atoms with Gasteiger partial charge in [-0.1, -0.05) is 0 Å². The van der Waals surface area contributed by atoms with E-state index in [-0.39, 0.29) is 5.78 Å². The SMILES string of the molecule is COc1cc(C(=O)CCN)ccn1. The van der Waals surface area contributed by atoms with Crippen molar-refractivity contribution < 1.29 is 9.53 Å². The molecule has 0 amide bonds. The molecule has 0 aliphatic rings. The van der Waals surface area contributed by atoms with E-state index < -0.39 is 0 Å². The smallest absolute Gasteiger partial charge is 0.213 e. The van der Waals surface area contributed by atoms with E-state index in [1.807, 2.05) is 0 Å². The van der Waals surface area contributed by atoms with Gasteiger partial charge in [0.25, 0.3) is 0 Å². The molecule has 1 aromatic heterocycles. The van der Waals surface area contributed by atoms with Crippen molar-refractivity contribution in [3.05, 3.63) is 23.9 Å². The van der Waals surface area contributed by atoms with Crippen LogP contribution in [0.15, 0.2) is 18.3 Å². The Morgan fingerprint density at radius 1 is 1.69 bits per heavy atom. The molecule has 0 radical (unpaired) electrons. The lowest BCUT2D eigenvalue weighted by Crippen LogP contribution is -2.08. The summed E-state index contributed by atoms with van der Waals surface area (Å²) in [6.07, 6.45) is 1.90. The normalized spacial score (nSPS) is 9.69. The number of Topliss-reactive ketones (excluding diaryl/α,β-unsaturated/α-hetero) is 1. The molecule has 0 fully saturated rings. The van der Waals surface area contributed by atoms with Gasteiger partial charge in [0, 0.05) is 24.2 Å². The van der Waals surface area contributed by atoms with Crippen molar-refractivity contribution >= 4 is 5.78 Å². The first-order chi connectivity index (χ1) is 6.27. The highest BCUT2D eigenvalue weighted by atomic mass is 16.5. The highest BCUT2D eigenvalue weighted by Gasteiger charge is 2.05. The zero-order valence-electron chi connectivity index (χ0n) is 7.49. The summed E-state index contributed by atoms with van der Waals surface area (Å²) in [6, 6.07) is 3.26. The highest BCUT2D eigenvalue weighted by molar-refractivity contribution is 5.96. The van der Waals surface area contributed by atoms with Crippen LogP contribution in [0, 0.1) is 0 Å². The van der Waals surface area contributed by atoms with Crippen molar-refractivity contribution in [3.63, 3.8) is 0 Å². The number of hydrogen-bond acceptors (Lipinski definition) is 4. The van der Waals surface area contributed by atoms with E-state index in [9.17, 15) is 4.79 Å². The van der Waals surface area contributed by atoms with Gasteiger partial charge in [0.05, 0.1) is 7.11 Å². The Morgan fingerprint density at radius 2 is 2.46 bits per heavy atom. The third-order valence-electron chi connectivity index (χ3n) is 1.64. The predicted octanol–water partition coefficient (Wildman–Crippen LogP) is 0.622. The Balaban J connectivity index is 2.82. The minimum Gasteiger partial charge on any atom is -0.481 e. The van der Waals surface area contributed by atoms with Crippen LogP contribution in [0.5, 0.6) is 5.88 Å². The average Bonchev–Trinajstić information content (AvgIpc) is 2.18. The fraction of sp³-hybridized carbons (Fsp3) is 0.333. The maximum atomic E-state index is 11.3. The van der Waals surface area contributed by atoms with Crippen LogP contribution in [0.4, 0.5) is 0 Å². The van der Waals surface area contributed by atoms with Gasteiger partial charge in [0.15, 0.2) is 5.78 Å². The van der Waals surface area contributed by atoms with Gasteiger partial charge >= 0.3 is 0 Å². The third-order valence-corrected chi connectivity index (χ3v) is 1.64. The van der Waals surface area contributed by atoms with Crippen molar-refractivity contribution in [1.82, 2.24) is 4.98 Å². The Labute approximate surface area is 76.7 Å². The number of rotatable bonds is 4. The third kappa shape index (κ3) is 2.52. The zero-order valence-corrected chi connectivity index (χ0v) is 7.49. The van der Waals surface area contributed by atoms with E-state index >= 15 is 0 Å². The lowest BCUT2D eigenvalue weighted by molar-refractivity contribution is 0.0985. The Bertz CT molecular complexity index is 299. The van der Waals surface area contributed by atoms with Crippen LogP contribution in [0.25, 0.3) is 0 Å². The van der Waals surface area contributed by atoms with Crippen LogP contribution in [0.2, 0.25) is 0 Å². The molecular weight excluding hydrogens is 168 g/mol. The van der Waals surface area contributed by atoms with E-state index in [2.05, 4.69) is 4.98 Å². The fourth-order valence-electron chi connectivity index (χ4n) is 0.970. The standard InChI is InChI=1S/C9H12N2O2/c1-13-9-6-7(3-5-11-9)8(12)2-4-10/h3,5-6H,2,4,10H2,1H3. The monoisotopic (exact) mass is 180 g/mol. The van der Waals surface area contributed by atoms with Crippen LogP contribution < -0.4 is 10.5 Å². The van der Waals surface area contributed by atoms with E-state index in [4.69, 9.17) is 10.5 Å². The number of ether oxygens (including phenoxy) is 1. The van der Waals surface area contributed by atoms with Gasteiger partial charge in [-0.2, -0.15) is 0 Å². The largest absolute Gasteiger partial charge is 0.481 e. The number of nitrogens with two attached hydrogens (primary N) is 1. The summed E-state index contributed by atoms with van der Waals surface area (Å²) in [5.41, 5.74) is 5.86. The van der Waals surface area contributed by atoms with Gasteiger partial charge in [-0.25, -0.2) is 4.98 Å². The van der Waals surface area contributed by atoms with E-state index in [0.717, 1.165) is 0 Å². The molecule has 4 heteroatoms. The van der Waals surface area contributed by atoms with Crippen LogP contribution in [0.3, 0.4) is 0 Å². The topological polar surface area (TPSA) is 65.2 Å². The van der Waals surface area contributed by atoms with Crippen LogP contribution >= 0.6 is 0 Å². The number of nitrogens with zero attached hydrogens (tertiary/aromatic N) is 1. The minimum absolute atomic E-state index is 0.0169. The summed E-state index contributed by atoms with van der Waals surface area (Å²) >= 11 is 0. The van der Waals surface area contributed by atoms with Gasteiger partial charge in [-0.3, -0.25) is 4.79 Å². The number of aromatic nitrogens is 1. The number of pyridine rings is 1. The Kier molecular flexibility index (Phi) is 3.40. The first-order valence-corrected chi connectivity index (χ1v) is 4.01. The molecule has 1 rings (SSSR count). The average molecular weight is 180 g/mol. The molecule has 1 heterocycles. The number of carbonyl (C=O) groups excluding carboxylic acids is 1. The molecule has 1 aromatic rings. The summed E-state index contributed by atoms with van der Waals surface area (Å²) in [5.74, 6) is 0.464. The van der Waals surface area contributed by atoms with Crippen molar-refractivity contribution in [3.8, 4) is 5.88 Å². The van der Waals surface area contributed by atoms with E-state index in [0.29, 0.717) is 24.4 Å². The lowest BCUT2D eigenvalue weighted by Gasteiger charge is -2.01. The van der Waals surface area contributed by atoms with Gasteiger partial charge in [-0.05, 0) is 12.6 Å². The highest BCUT2D eigenvalue weighted by Crippen LogP contribution is 2.09. The molecular formula is C9H12N2O2. The second-order valence-electron chi connectivity index (χ2n) is 2.55. The number of hydrogen-bond donors (Lipinski definition) is 1. The Morgan fingerprint density at radius 3 is 3.08 bits per heavy atom. The molecule has 0 bridgehead atoms. The summed E-state index contributed by atoms with van der Waals surface area (Å²) in [5, 5.41) is 0. The van der Waals surface area contributed by atoms with Gasteiger partial charge in [0.1, 0.15) is 0 Å². The maximum absolute atomic E-state index is 11.3. The van der Waals surface area contributed by atoms with Crippen molar-refractivity contribution in [2.24, 2.45) is 5.73 Å². The second kappa shape index (κ2) is 4.57. The summed E-state index contributed by atoms with van der Waals surface area (Å²) in [6.45, 7) is 0.365. The molecule has 70 valence electrons. The van der Waals surface area contributed by atoms with Gasteiger partial charge in [-0.15, -0.1) is 0 Å². The summed E-state index contributed by atoms with van der Waals surface area (Å²) < 4.78 is 4.89. The zero-order chi connectivity index (χ0) is 9.68. The first-order valence-electron chi connectivity index (χ1n) is 4.01. The van der Waals surface area contributed by atoms with Gasteiger partial charge in [0.2, 0.25) is 5.88 Å². The molecule has 0 aromatic carbocycles. The van der Waals surface area contributed by atoms with Crippen LogP contribution in [-0.4, -0.2) is 24.4 Å². The molecule has 2 N–H and O–H groups in total.